The van der Waals surface area contributed by atoms with Gasteiger partial charge in [0.05, 0.1) is 13.0 Å². The molecule has 0 radical (unpaired) electrons. The predicted octanol–water partition coefficient (Wildman–Crippen LogP) is 3.45. The van der Waals surface area contributed by atoms with Crippen LogP contribution in [0.5, 0.6) is 0 Å². The highest BCUT2D eigenvalue weighted by molar-refractivity contribution is 5.91. The van der Waals surface area contributed by atoms with Crippen molar-refractivity contribution in [1.29, 1.82) is 0 Å². The summed E-state index contributed by atoms with van der Waals surface area (Å²) in [5.41, 5.74) is 1.89. The lowest BCUT2D eigenvalue weighted by Gasteiger charge is -2.32. The molecular formula is C25H30N2O3. The quantitative estimate of drug-likeness (QED) is 0.714. The van der Waals surface area contributed by atoms with E-state index in [1.54, 1.807) is 4.90 Å². The van der Waals surface area contributed by atoms with Gasteiger partial charge in [0.15, 0.2) is 0 Å². The Morgan fingerprint density at radius 3 is 2.00 bits per heavy atom. The Hall–Kier alpha value is -2.66. The molecule has 2 unspecified atom stereocenters. The third-order valence-electron chi connectivity index (χ3n) is 6.46. The second-order valence-electron chi connectivity index (χ2n) is 8.27. The number of carbonyl (C=O) groups excluding carboxylic acids is 2. The molecular weight excluding hydrogens is 376 g/mol. The number of hydrogen-bond acceptors (Lipinski definition) is 4. The van der Waals surface area contributed by atoms with Gasteiger partial charge in [0.1, 0.15) is 6.04 Å². The molecule has 2 aliphatic heterocycles. The first-order chi connectivity index (χ1) is 14.7. The largest absolute Gasteiger partial charge is 0.467 e. The molecule has 0 aliphatic carbocycles. The Morgan fingerprint density at radius 1 is 0.900 bits per heavy atom. The molecule has 5 heteroatoms. The normalized spacial score (nSPS) is 22.3. The maximum Gasteiger partial charge on any atom is 0.328 e. The summed E-state index contributed by atoms with van der Waals surface area (Å²) in [6, 6.07) is 19.4. The molecule has 0 bridgehead atoms. The van der Waals surface area contributed by atoms with E-state index in [1.165, 1.54) is 26.4 Å². The minimum atomic E-state index is -0.524. The van der Waals surface area contributed by atoms with E-state index >= 15 is 0 Å². The van der Waals surface area contributed by atoms with Crippen molar-refractivity contribution in [3.63, 3.8) is 0 Å². The van der Waals surface area contributed by atoms with Crippen LogP contribution in [0.3, 0.4) is 0 Å². The molecule has 2 atom stereocenters. The third-order valence-corrected chi connectivity index (χ3v) is 6.46. The summed E-state index contributed by atoms with van der Waals surface area (Å²) < 4.78 is 5.09. The molecule has 2 heterocycles. The Bertz CT molecular complexity index is 810. The molecule has 0 saturated carbocycles. The number of esters is 1. The molecule has 4 rings (SSSR count). The summed E-state index contributed by atoms with van der Waals surface area (Å²) >= 11 is 0. The van der Waals surface area contributed by atoms with Crippen molar-refractivity contribution < 1.29 is 14.3 Å². The minimum absolute atomic E-state index is 0.0256. The summed E-state index contributed by atoms with van der Waals surface area (Å²) in [6.45, 7) is 2.66. The number of likely N-dealkylation sites (tertiary alicyclic amines) is 2. The molecule has 2 fully saturated rings. The predicted molar refractivity (Wildman–Crippen MR) is 116 cm³/mol. The van der Waals surface area contributed by atoms with Gasteiger partial charge in [0.25, 0.3) is 0 Å². The number of benzene rings is 2. The first-order valence-corrected chi connectivity index (χ1v) is 10.9. The lowest BCUT2D eigenvalue weighted by atomic mass is 9.90. The first kappa shape index (κ1) is 20.6. The van der Waals surface area contributed by atoms with Crippen LogP contribution in [0.4, 0.5) is 0 Å². The maximum absolute atomic E-state index is 13.9. The molecule has 0 N–H and O–H groups in total. The van der Waals surface area contributed by atoms with Crippen molar-refractivity contribution in [3.05, 3.63) is 71.8 Å². The number of amides is 1. The van der Waals surface area contributed by atoms with Crippen LogP contribution < -0.4 is 0 Å². The number of carbonyl (C=O) groups is 2. The lowest BCUT2D eigenvalue weighted by molar-refractivity contribution is -0.151. The van der Waals surface area contributed by atoms with Crippen LogP contribution in [0.25, 0.3) is 0 Å². The van der Waals surface area contributed by atoms with E-state index < -0.39 is 12.0 Å². The zero-order chi connectivity index (χ0) is 20.9. The van der Waals surface area contributed by atoms with Gasteiger partial charge in [-0.2, -0.15) is 0 Å². The van der Waals surface area contributed by atoms with Gasteiger partial charge < -0.3 is 9.64 Å². The number of ether oxygens (including phenoxy) is 1. The molecule has 0 spiro atoms. The van der Waals surface area contributed by atoms with E-state index in [0.717, 1.165) is 24.2 Å². The van der Waals surface area contributed by atoms with Crippen molar-refractivity contribution in [3.8, 4) is 0 Å². The summed E-state index contributed by atoms with van der Waals surface area (Å²) in [4.78, 5) is 30.7. The van der Waals surface area contributed by atoms with Crippen LogP contribution in [-0.4, -0.2) is 60.5 Å². The van der Waals surface area contributed by atoms with Gasteiger partial charge in [-0.25, -0.2) is 4.79 Å². The standard InChI is InChI=1S/C25H30N2O3/c1-30-25(29)22-17-21(26-15-9-4-10-16-26)18-27(22)24(28)23(19-11-5-2-6-12-19)20-13-7-3-8-14-20/h2-3,5-8,11-14,21-23H,4,9-10,15-18H2,1H3. The average molecular weight is 407 g/mol. The summed E-state index contributed by atoms with van der Waals surface area (Å²) in [7, 11) is 1.41. The van der Waals surface area contributed by atoms with E-state index in [0.29, 0.717) is 13.0 Å². The summed E-state index contributed by atoms with van der Waals surface area (Å²) in [5, 5.41) is 0. The molecule has 0 aromatic heterocycles. The van der Waals surface area contributed by atoms with Gasteiger partial charge in [-0.05, 0) is 43.5 Å². The lowest BCUT2D eigenvalue weighted by Crippen LogP contribution is -2.45. The van der Waals surface area contributed by atoms with Gasteiger partial charge in [-0.3, -0.25) is 9.69 Å². The SMILES string of the molecule is COC(=O)C1CC(N2CCCCC2)CN1C(=O)C(c1ccccc1)c1ccccc1. The van der Waals surface area contributed by atoms with Crippen molar-refractivity contribution in [1.82, 2.24) is 9.80 Å². The molecule has 2 aromatic rings. The number of rotatable bonds is 5. The molecule has 2 aromatic carbocycles. The second kappa shape index (κ2) is 9.43. The van der Waals surface area contributed by atoms with Crippen LogP contribution in [-0.2, 0) is 14.3 Å². The fourth-order valence-corrected chi connectivity index (χ4v) is 4.90. The average Bonchev–Trinajstić information content (AvgIpc) is 3.26. The zero-order valence-corrected chi connectivity index (χ0v) is 17.6. The Kier molecular flexibility index (Phi) is 6.48. The van der Waals surface area contributed by atoms with Crippen molar-refractivity contribution in [2.75, 3.05) is 26.7 Å². The van der Waals surface area contributed by atoms with Gasteiger partial charge in [0, 0.05) is 12.6 Å². The van der Waals surface area contributed by atoms with Crippen LogP contribution in [0.1, 0.15) is 42.7 Å². The molecule has 1 amide bonds. The fourth-order valence-electron chi connectivity index (χ4n) is 4.90. The van der Waals surface area contributed by atoms with Gasteiger partial charge in [-0.15, -0.1) is 0 Å². The van der Waals surface area contributed by atoms with Crippen molar-refractivity contribution >= 4 is 11.9 Å². The Morgan fingerprint density at radius 2 is 1.47 bits per heavy atom. The van der Waals surface area contributed by atoms with Crippen LogP contribution in [0.15, 0.2) is 60.7 Å². The van der Waals surface area contributed by atoms with Crippen molar-refractivity contribution in [2.45, 2.75) is 43.7 Å². The zero-order valence-electron chi connectivity index (χ0n) is 17.6. The Balaban J connectivity index is 1.65. The first-order valence-electron chi connectivity index (χ1n) is 10.9. The van der Waals surface area contributed by atoms with E-state index in [2.05, 4.69) is 4.90 Å². The second-order valence-corrected chi connectivity index (χ2v) is 8.27. The topological polar surface area (TPSA) is 49.9 Å². The van der Waals surface area contributed by atoms with Gasteiger partial charge >= 0.3 is 5.97 Å². The highest BCUT2D eigenvalue weighted by atomic mass is 16.5. The number of piperidine rings is 1. The molecule has 30 heavy (non-hydrogen) atoms. The molecule has 2 aliphatic rings. The van der Waals surface area contributed by atoms with E-state index in [1.807, 2.05) is 60.7 Å². The monoisotopic (exact) mass is 406 g/mol. The van der Waals surface area contributed by atoms with Gasteiger partial charge in [0.2, 0.25) is 5.91 Å². The number of nitrogens with zero attached hydrogens (tertiary/aromatic N) is 2. The van der Waals surface area contributed by atoms with Crippen molar-refractivity contribution in [2.24, 2.45) is 0 Å². The van der Waals surface area contributed by atoms with Crippen LogP contribution in [0.2, 0.25) is 0 Å². The van der Waals surface area contributed by atoms with Gasteiger partial charge in [-0.1, -0.05) is 67.1 Å². The summed E-state index contributed by atoms with van der Waals surface area (Å²) in [5.74, 6) is -0.773. The fraction of sp³-hybridized carbons (Fsp3) is 0.440. The Labute approximate surface area is 178 Å². The molecule has 158 valence electrons. The van der Waals surface area contributed by atoms with E-state index in [4.69, 9.17) is 4.74 Å². The molecule has 2 saturated heterocycles. The highest BCUT2D eigenvalue weighted by Crippen LogP contribution is 2.32. The maximum atomic E-state index is 13.9. The summed E-state index contributed by atoms with van der Waals surface area (Å²) in [6.07, 6.45) is 4.28. The smallest absolute Gasteiger partial charge is 0.328 e. The van der Waals surface area contributed by atoms with Crippen LogP contribution in [0, 0.1) is 0 Å². The minimum Gasteiger partial charge on any atom is -0.467 e. The third kappa shape index (κ3) is 4.26. The van der Waals surface area contributed by atoms with E-state index in [9.17, 15) is 9.59 Å². The highest BCUT2D eigenvalue weighted by Gasteiger charge is 2.44. The number of methoxy groups -OCH3 is 1. The molecule has 5 nitrogen and oxygen atoms in total. The van der Waals surface area contributed by atoms with E-state index in [-0.39, 0.29) is 17.9 Å². The number of hydrogen-bond donors (Lipinski definition) is 0. The van der Waals surface area contributed by atoms with Crippen LogP contribution >= 0.6 is 0 Å².